The largest absolute Gasteiger partial charge is 0.465 e. The molecule has 0 bridgehead atoms. The van der Waals surface area contributed by atoms with Gasteiger partial charge in [-0.25, -0.2) is 8.42 Å². The number of hydrogen-bond acceptors (Lipinski definition) is 7. The molecule has 2 aromatic rings. The van der Waals surface area contributed by atoms with E-state index in [0.717, 1.165) is 12.1 Å². The summed E-state index contributed by atoms with van der Waals surface area (Å²) in [7, 11) is -4.15. The summed E-state index contributed by atoms with van der Waals surface area (Å²) < 4.78 is 32.9. The highest BCUT2D eigenvalue weighted by Crippen LogP contribution is 2.23. The zero-order valence-electron chi connectivity index (χ0n) is 14.6. The molecule has 11 heteroatoms. The first-order chi connectivity index (χ1) is 13.2. The highest BCUT2D eigenvalue weighted by Gasteiger charge is 2.34. The molecule has 0 radical (unpaired) electrons. The summed E-state index contributed by atoms with van der Waals surface area (Å²) in [5.41, 5.74) is -0.0961. The second-order valence-electron chi connectivity index (χ2n) is 5.60. The van der Waals surface area contributed by atoms with Gasteiger partial charge in [0.1, 0.15) is 12.1 Å². The van der Waals surface area contributed by atoms with E-state index in [1.165, 1.54) is 43.3 Å². The molecule has 2 aromatic carbocycles. The monoisotopic (exact) mass is 472 g/mol. The number of nitro groups is 1. The van der Waals surface area contributed by atoms with Crippen LogP contribution < -0.4 is 4.72 Å². The van der Waals surface area contributed by atoms with Gasteiger partial charge >= 0.3 is 5.97 Å². The molecule has 0 unspecified atom stereocenters. The van der Waals surface area contributed by atoms with E-state index >= 15 is 0 Å². The van der Waals surface area contributed by atoms with Crippen molar-refractivity contribution in [1.82, 2.24) is 4.72 Å². The third-order valence-corrected chi connectivity index (χ3v) is 5.69. The van der Waals surface area contributed by atoms with Gasteiger partial charge in [0, 0.05) is 16.6 Å². The fourth-order valence-electron chi connectivity index (χ4n) is 2.31. The number of nitrogens with zero attached hydrogens (tertiary/aromatic N) is 1. The number of benzene rings is 2. The molecule has 2 N–H and O–H groups in total. The molecule has 9 nitrogen and oxygen atoms in total. The SMILES string of the molecule is CCOC(=O)[C@@H](NS(=O)(=O)c1ccc(Br)cc1)[C@H](O)c1ccc([N+](=O)[O-])cc1. The molecule has 0 aliphatic heterocycles. The Hall–Kier alpha value is -2.34. The second-order valence-corrected chi connectivity index (χ2v) is 8.23. The molecule has 0 aliphatic rings. The van der Waals surface area contributed by atoms with Crippen LogP contribution in [0.15, 0.2) is 57.9 Å². The van der Waals surface area contributed by atoms with Crippen molar-refractivity contribution < 1.29 is 28.0 Å². The summed E-state index contributed by atoms with van der Waals surface area (Å²) in [4.78, 5) is 22.3. The number of nitrogens with one attached hydrogen (secondary N) is 1. The van der Waals surface area contributed by atoms with Crippen LogP contribution in [-0.4, -0.2) is 37.1 Å². The minimum Gasteiger partial charge on any atom is -0.465 e. The van der Waals surface area contributed by atoms with Crippen LogP contribution in [0.1, 0.15) is 18.6 Å². The molecule has 0 aromatic heterocycles. The molecule has 0 fully saturated rings. The van der Waals surface area contributed by atoms with Gasteiger partial charge in [0.05, 0.1) is 16.4 Å². The maximum atomic E-state index is 12.6. The van der Waals surface area contributed by atoms with Gasteiger partial charge in [0.2, 0.25) is 10.0 Å². The molecule has 0 saturated heterocycles. The Morgan fingerprint density at radius 2 is 1.79 bits per heavy atom. The topological polar surface area (TPSA) is 136 Å². The van der Waals surface area contributed by atoms with Crippen LogP contribution in [0, 0.1) is 10.1 Å². The number of aliphatic hydroxyl groups excluding tert-OH is 1. The second kappa shape index (κ2) is 9.24. The number of ether oxygens (including phenoxy) is 1. The van der Waals surface area contributed by atoms with E-state index in [-0.39, 0.29) is 22.8 Å². The Morgan fingerprint density at radius 3 is 2.29 bits per heavy atom. The third kappa shape index (κ3) is 5.35. The van der Waals surface area contributed by atoms with Gasteiger partial charge in [-0.1, -0.05) is 15.9 Å². The molecular formula is C17H17BrN2O7S. The van der Waals surface area contributed by atoms with E-state index in [0.29, 0.717) is 4.47 Å². The van der Waals surface area contributed by atoms with Gasteiger partial charge in [0.15, 0.2) is 0 Å². The predicted octanol–water partition coefficient (Wildman–Crippen LogP) is 2.30. The van der Waals surface area contributed by atoms with E-state index in [1.807, 2.05) is 0 Å². The number of non-ortho nitro benzene ring substituents is 1. The summed E-state index contributed by atoms with van der Waals surface area (Å²) in [6, 6.07) is 8.80. The number of esters is 1. The molecular weight excluding hydrogens is 456 g/mol. The van der Waals surface area contributed by atoms with E-state index in [9.17, 15) is 28.4 Å². The molecule has 0 saturated carbocycles. The van der Waals surface area contributed by atoms with Gasteiger partial charge in [-0.15, -0.1) is 0 Å². The molecule has 0 aliphatic carbocycles. The maximum Gasteiger partial charge on any atom is 0.327 e. The van der Waals surface area contributed by atoms with Crippen molar-refractivity contribution in [3.8, 4) is 0 Å². The summed E-state index contributed by atoms with van der Waals surface area (Å²) in [6.07, 6.45) is -1.62. The fourth-order valence-corrected chi connectivity index (χ4v) is 3.76. The van der Waals surface area contributed by atoms with Crippen molar-refractivity contribution in [3.05, 3.63) is 68.7 Å². The highest BCUT2D eigenvalue weighted by molar-refractivity contribution is 9.10. The lowest BCUT2D eigenvalue weighted by Crippen LogP contribution is -2.45. The first-order valence-corrected chi connectivity index (χ1v) is 10.3. The minimum absolute atomic E-state index is 0.0255. The Bertz CT molecular complexity index is 946. The van der Waals surface area contributed by atoms with Crippen LogP contribution in [0.4, 0.5) is 5.69 Å². The smallest absolute Gasteiger partial charge is 0.327 e. The lowest BCUT2D eigenvalue weighted by Gasteiger charge is -2.22. The van der Waals surface area contributed by atoms with Crippen LogP contribution in [0.25, 0.3) is 0 Å². The van der Waals surface area contributed by atoms with E-state index in [2.05, 4.69) is 20.7 Å². The Balaban J connectivity index is 2.34. The quantitative estimate of drug-likeness (QED) is 0.341. The Kier molecular flexibility index (Phi) is 7.24. The molecule has 0 heterocycles. The number of hydrogen-bond donors (Lipinski definition) is 2. The number of nitro benzene ring substituents is 1. The van der Waals surface area contributed by atoms with Crippen LogP contribution in [0.5, 0.6) is 0 Å². The summed E-state index contributed by atoms with van der Waals surface area (Å²) in [5.74, 6) is -0.978. The van der Waals surface area contributed by atoms with Crippen molar-refractivity contribution in [2.75, 3.05) is 6.61 Å². The number of aliphatic hydroxyl groups is 1. The van der Waals surface area contributed by atoms with Crippen molar-refractivity contribution in [2.24, 2.45) is 0 Å². The number of sulfonamides is 1. The van der Waals surface area contributed by atoms with Gasteiger partial charge < -0.3 is 9.84 Å². The summed E-state index contributed by atoms with van der Waals surface area (Å²) >= 11 is 3.20. The normalized spacial score (nSPS) is 13.5. The minimum atomic E-state index is -4.15. The van der Waals surface area contributed by atoms with E-state index in [1.54, 1.807) is 0 Å². The standard InChI is InChI=1S/C17H17BrN2O7S/c1-2-27-17(22)15(16(21)11-3-7-13(8-4-11)20(23)24)19-28(25,26)14-9-5-12(18)6-10-14/h3-10,15-16,19,21H,2H2,1H3/t15-,16+/m0/s1. The lowest BCUT2D eigenvalue weighted by molar-refractivity contribution is -0.384. The molecule has 150 valence electrons. The van der Waals surface area contributed by atoms with Gasteiger partial charge in [-0.3, -0.25) is 14.9 Å². The van der Waals surface area contributed by atoms with Gasteiger partial charge in [-0.05, 0) is 48.9 Å². The molecule has 28 heavy (non-hydrogen) atoms. The number of halogens is 1. The van der Waals surface area contributed by atoms with Crippen LogP contribution in [0.2, 0.25) is 0 Å². The van der Waals surface area contributed by atoms with Gasteiger partial charge in [-0.2, -0.15) is 4.72 Å². The van der Waals surface area contributed by atoms with Crippen molar-refractivity contribution >= 4 is 37.6 Å². The average Bonchev–Trinajstić information content (AvgIpc) is 2.66. The summed E-state index contributed by atoms with van der Waals surface area (Å²) in [5, 5.41) is 21.3. The number of rotatable bonds is 8. The Morgan fingerprint density at radius 1 is 1.21 bits per heavy atom. The Labute approximate surface area is 169 Å². The van der Waals surface area contributed by atoms with Gasteiger partial charge in [0.25, 0.3) is 5.69 Å². The highest BCUT2D eigenvalue weighted by atomic mass is 79.9. The zero-order valence-corrected chi connectivity index (χ0v) is 17.0. The van der Waals surface area contributed by atoms with Crippen LogP contribution >= 0.6 is 15.9 Å². The summed E-state index contributed by atoms with van der Waals surface area (Å²) in [6.45, 7) is 1.51. The predicted molar refractivity (Wildman–Crippen MR) is 103 cm³/mol. The van der Waals surface area contributed by atoms with Crippen LogP contribution in [0.3, 0.4) is 0 Å². The number of carbonyl (C=O) groups excluding carboxylic acids is 1. The molecule has 2 atom stereocenters. The fraction of sp³-hybridized carbons (Fsp3) is 0.235. The van der Waals surface area contributed by atoms with Crippen molar-refractivity contribution in [1.29, 1.82) is 0 Å². The number of carbonyl (C=O) groups is 1. The molecule has 0 amide bonds. The first-order valence-electron chi connectivity index (χ1n) is 8.02. The van der Waals surface area contributed by atoms with Crippen molar-refractivity contribution in [2.45, 2.75) is 24.0 Å². The van der Waals surface area contributed by atoms with Crippen molar-refractivity contribution in [3.63, 3.8) is 0 Å². The molecule has 0 spiro atoms. The zero-order chi connectivity index (χ0) is 20.9. The molecule has 2 rings (SSSR count). The average molecular weight is 473 g/mol. The first kappa shape index (κ1) is 22.0. The van der Waals surface area contributed by atoms with Crippen LogP contribution in [-0.2, 0) is 19.6 Å². The third-order valence-electron chi connectivity index (χ3n) is 3.71. The maximum absolute atomic E-state index is 12.6. The van der Waals surface area contributed by atoms with E-state index < -0.39 is 33.1 Å². The van der Waals surface area contributed by atoms with E-state index in [4.69, 9.17) is 4.74 Å². The lowest BCUT2D eigenvalue weighted by atomic mass is 10.0.